The SMILES string of the molecule is Cc1cc(COC[C@H](CCn2c(C)ccc2C)OCc2cc(C)cc(-n3c(C)ccc3C)n2)nc(-n2c(C)ccc2C)c1. The second kappa shape index (κ2) is 13.1. The molecule has 7 nitrogen and oxygen atoms in total. The molecular weight excluding hydrogens is 534 g/mol. The van der Waals surface area contributed by atoms with Gasteiger partial charge in [-0.3, -0.25) is 0 Å². The highest BCUT2D eigenvalue weighted by Gasteiger charge is 2.15. The molecule has 0 bridgehead atoms. The summed E-state index contributed by atoms with van der Waals surface area (Å²) in [5.41, 5.74) is 11.3. The van der Waals surface area contributed by atoms with E-state index in [9.17, 15) is 0 Å². The minimum atomic E-state index is -0.0970. The van der Waals surface area contributed by atoms with Crippen LogP contribution in [-0.4, -0.2) is 36.4 Å². The zero-order valence-corrected chi connectivity index (χ0v) is 26.9. The van der Waals surface area contributed by atoms with Gasteiger partial charge in [0.05, 0.1) is 37.3 Å². The highest BCUT2D eigenvalue weighted by molar-refractivity contribution is 5.36. The van der Waals surface area contributed by atoms with E-state index in [1.54, 1.807) is 0 Å². The van der Waals surface area contributed by atoms with Crippen LogP contribution in [-0.2, 0) is 29.2 Å². The summed E-state index contributed by atoms with van der Waals surface area (Å²) in [6.45, 7) is 19.1. The first-order valence-corrected chi connectivity index (χ1v) is 15.2. The average molecular weight is 580 g/mol. The largest absolute Gasteiger partial charge is 0.372 e. The van der Waals surface area contributed by atoms with Crippen molar-refractivity contribution in [3.8, 4) is 11.6 Å². The molecule has 43 heavy (non-hydrogen) atoms. The Morgan fingerprint density at radius 1 is 0.581 bits per heavy atom. The fourth-order valence-corrected chi connectivity index (χ4v) is 5.91. The first-order valence-electron chi connectivity index (χ1n) is 15.2. The van der Waals surface area contributed by atoms with E-state index in [4.69, 9.17) is 19.4 Å². The number of hydrogen-bond donors (Lipinski definition) is 0. The predicted molar refractivity (Wildman–Crippen MR) is 172 cm³/mol. The number of nitrogens with zero attached hydrogens (tertiary/aromatic N) is 5. The third-order valence-electron chi connectivity index (χ3n) is 8.13. The maximum absolute atomic E-state index is 6.54. The molecule has 1 atom stereocenters. The maximum Gasteiger partial charge on any atom is 0.137 e. The molecule has 0 aliphatic heterocycles. The predicted octanol–water partition coefficient (Wildman–Crippen LogP) is 7.52. The lowest BCUT2D eigenvalue weighted by molar-refractivity contribution is -0.0366. The van der Waals surface area contributed by atoms with Gasteiger partial charge in [0.1, 0.15) is 11.6 Å². The Balaban J connectivity index is 1.30. The fraction of sp³-hybridized carbons (Fsp3) is 0.389. The average Bonchev–Trinajstić information content (AvgIpc) is 3.59. The number of ether oxygens (including phenoxy) is 2. The number of pyridine rings is 2. The second-order valence-electron chi connectivity index (χ2n) is 11.9. The molecule has 226 valence electrons. The first-order chi connectivity index (χ1) is 20.6. The summed E-state index contributed by atoms with van der Waals surface area (Å²) in [5, 5.41) is 0. The molecule has 5 aromatic rings. The van der Waals surface area contributed by atoms with Gasteiger partial charge in [-0.05, 0) is 134 Å². The van der Waals surface area contributed by atoms with Gasteiger partial charge >= 0.3 is 0 Å². The smallest absolute Gasteiger partial charge is 0.137 e. The molecule has 0 saturated carbocycles. The van der Waals surface area contributed by atoms with Crippen molar-refractivity contribution in [3.63, 3.8) is 0 Å². The van der Waals surface area contributed by atoms with Crippen molar-refractivity contribution in [3.05, 3.63) is 117 Å². The van der Waals surface area contributed by atoms with E-state index < -0.39 is 0 Å². The van der Waals surface area contributed by atoms with Crippen molar-refractivity contribution >= 4 is 0 Å². The number of aryl methyl sites for hydroxylation is 8. The van der Waals surface area contributed by atoms with E-state index in [0.717, 1.165) is 47.1 Å². The van der Waals surface area contributed by atoms with E-state index in [-0.39, 0.29) is 6.10 Å². The van der Waals surface area contributed by atoms with E-state index in [1.807, 2.05) is 0 Å². The van der Waals surface area contributed by atoms with Crippen LogP contribution >= 0.6 is 0 Å². The third kappa shape index (κ3) is 7.17. The van der Waals surface area contributed by atoms with Crippen LogP contribution in [0.25, 0.3) is 11.6 Å². The van der Waals surface area contributed by atoms with Gasteiger partial charge in [-0.1, -0.05) is 0 Å². The topological polar surface area (TPSA) is 59.0 Å². The van der Waals surface area contributed by atoms with Crippen LogP contribution in [0.5, 0.6) is 0 Å². The summed E-state index contributed by atoms with van der Waals surface area (Å²) in [4.78, 5) is 9.91. The molecular formula is C36H45N5O2. The van der Waals surface area contributed by atoms with Gasteiger partial charge in [-0.2, -0.15) is 0 Å². The van der Waals surface area contributed by atoms with Gasteiger partial charge in [-0.15, -0.1) is 0 Å². The lowest BCUT2D eigenvalue weighted by Crippen LogP contribution is -2.23. The molecule has 0 spiro atoms. The zero-order valence-electron chi connectivity index (χ0n) is 26.9. The van der Waals surface area contributed by atoms with Gasteiger partial charge in [0.2, 0.25) is 0 Å². The minimum absolute atomic E-state index is 0.0970. The Labute approximate surface area is 256 Å². The van der Waals surface area contributed by atoms with Gasteiger partial charge in [-0.25, -0.2) is 9.97 Å². The standard InChI is InChI=1S/C36H45N5O2/c1-24-17-32(37-35(19-24)40-28(5)11-12-29(40)6)21-42-23-34(15-16-39-26(3)9-10-27(39)4)43-22-33-18-25(2)20-36(38-33)41-30(7)13-14-31(41)8/h9-14,17-20,34H,15-16,21-23H2,1-8H3/t34-/m0/s1. The Kier molecular flexibility index (Phi) is 9.33. The molecule has 0 radical (unpaired) electrons. The van der Waals surface area contributed by atoms with E-state index in [1.165, 1.54) is 34.2 Å². The lowest BCUT2D eigenvalue weighted by atomic mass is 10.2. The molecule has 5 rings (SSSR count). The monoisotopic (exact) mass is 579 g/mol. The minimum Gasteiger partial charge on any atom is -0.372 e. The molecule has 7 heteroatoms. The molecule has 5 aromatic heterocycles. The highest BCUT2D eigenvalue weighted by Crippen LogP contribution is 2.20. The van der Waals surface area contributed by atoms with Crippen LogP contribution in [0.1, 0.15) is 63.1 Å². The first kappa shape index (κ1) is 30.5. The third-order valence-corrected chi connectivity index (χ3v) is 8.13. The van der Waals surface area contributed by atoms with Crippen molar-refractivity contribution in [2.24, 2.45) is 0 Å². The molecule has 5 heterocycles. The van der Waals surface area contributed by atoms with Gasteiger partial charge in [0, 0.05) is 40.7 Å². The molecule has 0 aliphatic rings. The molecule has 0 aliphatic carbocycles. The summed E-state index contributed by atoms with van der Waals surface area (Å²) in [7, 11) is 0. The molecule has 0 N–H and O–H groups in total. The van der Waals surface area contributed by atoms with Gasteiger partial charge in [0.25, 0.3) is 0 Å². The maximum atomic E-state index is 6.54. The van der Waals surface area contributed by atoms with Crippen molar-refractivity contribution < 1.29 is 9.47 Å². The van der Waals surface area contributed by atoms with Gasteiger partial charge in [0.15, 0.2) is 0 Å². The van der Waals surface area contributed by atoms with Crippen LogP contribution in [0.3, 0.4) is 0 Å². The van der Waals surface area contributed by atoms with Crippen LogP contribution in [0.4, 0.5) is 0 Å². The Bertz CT molecular complexity index is 1650. The zero-order chi connectivity index (χ0) is 30.7. The summed E-state index contributed by atoms with van der Waals surface area (Å²) < 4.78 is 19.5. The number of aromatic nitrogens is 5. The molecule has 0 amide bonds. The molecule has 0 unspecified atom stereocenters. The van der Waals surface area contributed by atoms with Crippen molar-refractivity contribution in [1.29, 1.82) is 0 Å². The fourth-order valence-electron chi connectivity index (χ4n) is 5.91. The number of rotatable bonds is 12. The quantitative estimate of drug-likeness (QED) is 0.153. The molecule has 0 saturated heterocycles. The summed E-state index contributed by atoms with van der Waals surface area (Å²) in [6, 6.07) is 21.3. The Morgan fingerprint density at radius 3 is 1.51 bits per heavy atom. The Hall–Kier alpha value is -3.94. The summed E-state index contributed by atoms with van der Waals surface area (Å²) in [6.07, 6.45) is 0.735. The summed E-state index contributed by atoms with van der Waals surface area (Å²) in [5.74, 6) is 1.86. The molecule has 0 aromatic carbocycles. The van der Waals surface area contributed by atoms with E-state index in [0.29, 0.717) is 19.8 Å². The van der Waals surface area contributed by atoms with E-state index >= 15 is 0 Å². The van der Waals surface area contributed by atoms with Crippen LogP contribution in [0.2, 0.25) is 0 Å². The highest BCUT2D eigenvalue weighted by atomic mass is 16.5. The van der Waals surface area contributed by atoms with Crippen LogP contribution in [0, 0.1) is 55.4 Å². The van der Waals surface area contributed by atoms with E-state index in [2.05, 4.69) is 130 Å². The number of hydrogen-bond acceptors (Lipinski definition) is 4. The second-order valence-corrected chi connectivity index (χ2v) is 11.9. The lowest BCUT2D eigenvalue weighted by Gasteiger charge is -2.20. The van der Waals surface area contributed by atoms with Crippen LogP contribution in [0.15, 0.2) is 60.7 Å². The molecule has 0 fully saturated rings. The van der Waals surface area contributed by atoms with Gasteiger partial charge < -0.3 is 23.2 Å². The Morgan fingerprint density at radius 2 is 1.02 bits per heavy atom. The van der Waals surface area contributed by atoms with Crippen molar-refractivity contribution in [2.45, 2.75) is 87.7 Å². The van der Waals surface area contributed by atoms with Crippen LogP contribution < -0.4 is 0 Å². The summed E-state index contributed by atoms with van der Waals surface area (Å²) >= 11 is 0. The normalized spacial score (nSPS) is 12.3. The van der Waals surface area contributed by atoms with Crippen molar-refractivity contribution in [2.75, 3.05) is 6.61 Å². The van der Waals surface area contributed by atoms with Crippen molar-refractivity contribution in [1.82, 2.24) is 23.7 Å².